The maximum Gasteiger partial charge on any atom is 0 e. The van der Waals surface area contributed by atoms with Gasteiger partial charge in [0, 0.05) is 26.2 Å². The van der Waals surface area contributed by atoms with E-state index >= 15 is 0 Å². The van der Waals surface area contributed by atoms with Crippen LogP contribution in [-0.2, 0) is 26.2 Å². The van der Waals surface area contributed by atoms with Gasteiger partial charge in [0.1, 0.15) is 0 Å². The summed E-state index contributed by atoms with van der Waals surface area (Å²) in [4.78, 5) is 0. The summed E-state index contributed by atoms with van der Waals surface area (Å²) in [5.41, 5.74) is 0. The molecular weight excluding hydrogens is 343 g/mol. The molecule has 0 saturated heterocycles. The third kappa shape index (κ3) is 21.9. The van der Waals surface area contributed by atoms with Crippen LogP contribution in [0, 0.1) is 7.43 Å². The molecule has 0 bridgehead atoms. The predicted octanol–water partition coefficient (Wildman–Crippen LogP) is 2.18. The van der Waals surface area contributed by atoms with Crippen molar-refractivity contribution in [3.05, 3.63) is 7.43 Å². The average Bonchev–Trinajstić information content (AvgIpc) is 0. The number of hydrogen-bond donors (Lipinski definition) is 0. The van der Waals surface area contributed by atoms with Crippen LogP contribution in [0.5, 0.6) is 0 Å². The Morgan fingerprint density at radius 1 is 0.600 bits per heavy atom. The molecule has 0 rings (SSSR count). The van der Waals surface area contributed by atoms with Crippen LogP contribution in [0.15, 0.2) is 0 Å². The molecule has 0 aliphatic carbocycles. The Morgan fingerprint density at radius 2 is 0.600 bits per heavy atom. The van der Waals surface area contributed by atoms with Gasteiger partial charge >= 0.3 is 0 Å². The molecule has 0 atom stereocenters. The zero-order chi connectivity index (χ0) is 0. The summed E-state index contributed by atoms with van der Waals surface area (Å²) in [6, 6.07) is 0. The van der Waals surface area contributed by atoms with Crippen molar-refractivity contribution in [2.45, 2.75) is 0 Å². The minimum atomic E-state index is 0. The standard InChI is InChI=1S/CH3.3BrH.Zr/h1H3;3*1H;/q-1;;;;. The molecule has 0 unspecified atom stereocenters. The zero-order valence-electron chi connectivity index (χ0n) is 2.72. The first-order valence-electron chi connectivity index (χ1n) is 0. The van der Waals surface area contributed by atoms with Gasteiger partial charge in [0.05, 0.1) is 0 Å². The SMILES string of the molecule is Br.Br.Br.[CH3-].[Zr]. The molecule has 0 heterocycles. The van der Waals surface area contributed by atoms with Crippen LogP contribution in [0.2, 0.25) is 0 Å². The largest absolute Gasteiger partial charge is 0.358 e. The smallest absolute Gasteiger partial charge is 0 e. The Labute approximate surface area is 83.5 Å². The molecule has 4 heteroatoms. The van der Waals surface area contributed by atoms with Gasteiger partial charge in [0.15, 0.2) is 0 Å². The predicted molar refractivity (Wildman–Crippen MR) is 37.4 cm³/mol. The van der Waals surface area contributed by atoms with Crippen LogP contribution < -0.4 is 0 Å². The van der Waals surface area contributed by atoms with E-state index in [4.69, 9.17) is 0 Å². The van der Waals surface area contributed by atoms with Crippen molar-refractivity contribution >= 4 is 50.9 Å². The van der Waals surface area contributed by atoms with E-state index in [-0.39, 0.29) is 84.6 Å². The minimum absolute atomic E-state index is 0. The fourth-order valence-electron chi connectivity index (χ4n) is 0. The second kappa shape index (κ2) is 33.2. The summed E-state index contributed by atoms with van der Waals surface area (Å²) in [7, 11) is 0. The molecule has 0 amide bonds. The van der Waals surface area contributed by atoms with Crippen molar-refractivity contribution < 1.29 is 26.2 Å². The third-order valence-electron chi connectivity index (χ3n) is 0. The van der Waals surface area contributed by atoms with Gasteiger partial charge in [-0.25, -0.2) is 0 Å². The van der Waals surface area contributed by atoms with Crippen LogP contribution in [-0.4, -0.2) is 0 Å². The van der Waals surface area contributed by atoms with Crippen molar-refractivity contribution in [3.8, 4) is 0 Å². The van der Waals surface area contributed by atoms with Crippen molar-refractivity contribution in [2.24, 2.45) is 0 Å². The summed E-state index contributed by atoms with van der Waals surface area (Å²) in [6.45, 7) is 0. The molecule has 0 fully saturated rings. The zero-order valence-corrected chi connectivity index (χ0v) is 10.3. The Morgan fingerprint density at radius 3 is 0.600 bits per heavy atom. The first kappa shape index (κ1) is 54.3. The van der Waals surface area contributed by atoms with Gasteiger partial charge in [-0.3, -0.25) is 0 Å². The first-order chi connectivity index (χ1) is 0. The average molecular weight is 349 g/mol. The topological polar surface area (TPSA) is 0 Å². The van der Waals surface area contributed by atoms with Crippen LogP contribution in [0.1, 0.15) is 0 Å². The molecule has 0 aromatic rings. The minimum Gasteiger partial charge on any atom is -0.358 e. The van der Waals surface area contributed by atoms with Gasteiger partial charge in [-0.1, -0.05) is 0 Å². The van der Waals surface area contributed by atoms with Crippen molar-refractivity contribution in [1.29, 1.82) is 0 Å². The molecular formula is CH6Br3Zr-. The van der Waals surface area contributed by atoms with Crippen LogP contribution in [0.25, 0.3) is 0 Å². The van der Waals surface area contributed by atoms with Gasteiger partial charge in [0.25, 0.3) is 0 Å². The maximum absolute atomic E-state index is 0. The molecule has 0 spiro atoms. The van der Waals surface area contributed by atoms with E-state index in [1.54, 1.807) is 0 Å². The van der Waals surface area contributed by atoms with E-state index in [2.05, 4.69) is 0 Å². The quantitative estimate of drug-likeness (QED) is 0.589. The molecule has 36 valence electrons. The second-order valence-corrected chi connectivity index (χ2v) is 0. The van der Waals surface area contributed by atoms with Gasteiger partial charge in [-0.05, 0) is 0 Å². The van der Waals surface area contributed by atoms with E-state index < -0.39 is 0 Å². The fraction of sp³-hybridized carbons (Fsp3) is 0. The van der Waals surface area contributed by atoms with Crippen LogP contribution in [0.4, 0.5) is 0 Å². The Balaban J connectivity index is 0. The monoisotopic (exact) mass is 345 g/mol. The van der Waals surface area contributed by atoms with Gasteiger partial charge < -0.3 is 7.43 Å². The van der Waals surface area contributed by atoms with Crippen LogP contribution in [0.3, 0.4) is 0 Å². The summed E-state index contributed by atoms with van der Waals surface area (Å²) in [5.74, 6) is 0. The number of rotatable bonds is 0. The van der Waals surface area contributed by atoms with Crippen molar-refractivity contribution in [1.82, 2.24) is 0 Å². The third-order valence-corrected chi connectivity index (χ3v) is 0. The summed E-state index contributed by atoms with van der Waals surface area (Å²) >= 11 is 0. The Bertz CT molecular complexity index is 6.85. The van der Waals surface area contributed by atoms with Gasteiger partial charge in [-0.15, -0.1) is 50.9 Å². The molecule has 0 aromatic heterocycles. The molecule has 0 aliphatic heterocycles. The molecule has 0 saturated carbocycles. The van der Waals surface area contributed by atoms with Gasteiger partial charge in [-0.2, -0.15) is 0 Å². The van der Waals surface area contributed by atoms with E-state index in [1.165, 1.54) is 0 Å². The van der Waals surface area contributed by atoms with Gasteiger partial charge in [0.2, 0.25) is 0 Å². The molecule has 0 N–H and O–H groups in total. The molecule has 0 nitrogen and oxygen atoms in total. The molecule has 0 radical (unpaired) electrons. The summed E-state index contributed by atoms with van der Waals surface area (Å²) in [6.07, 6.45) is 0. The maximum atomic E-state index is 0. The fourth-order valence-corrected chi connectivity index (χ4v) is 0. The van der Waals surface area contributed by atoms with E-state index in [9.17, 15) is 0 Å². The van der Waals surface area contributed by atoms with E-state index in [0.717, 1.165) is 0 Å². The van der Waals surface area contributed by atoms with E-state index in [1.807, 2.05) is 0 Å². The first-order valence-corrected chi connectivity index (χ1v) is 0. The second-order valence-electron chi connectivity index (χ2n) is 0. The molecule has 0 aromatic carbocycles. The van der Waals surface area contributed by atoms with E-state index in [0.29, 0.717) is 0 Å². The normalized spacial score (nSPS) is 0. The van der Waals surface area contributed by atoms with Crippen LogP contribution >= 0.6 is 50.9 Å². The molecule has 0 aliphatic rings. The van der Waals surface area contributed by atoms with Crippen molar-refractivity contribution in [3.63, 3.8) is 0 Å². The van der Waals surface area contributed by atoms with Crippen molar-refractivity contribution in [2.75, 3.05) is 0 Å². The summed E-state index contributed by atoms with van der Waals surface area (Å²) < 4.78 is 0. The molecule has 5 heavy (non-hydrogen) atoms. The Kier molecular flexibility index (Phi) is 360. The summed E-state index contributed by atoms with van der Waals surface area (Å²) in [5, 5.41) is 0. The number of halogens is 3. The Hall–Kier alpha value is 2.32. The number of hydrogen-bond acceptors (Lipinski definition) is 0.